The van der Waals surface area contributed by atoms with Gasteiger partial charge in [0.05, 0.1) is 18.1 Å². The summed E-state index contributed by atoms with van der Waals surface area (Å²) < 4.78 is 10.5. The molecule has 4 heteroatoms. The maximum atomic E-state index is 11.3. The SMILES string of the molecule is CCOC(=O)C(C)CNCC(C)(C)OCC. The first-order chi connectivity index (χ1) is 7.43. The van der Waals surface area contributed by atoms with E-state index in [0.717, 1.165) is 6.54 Å². The van der Waals surface area contributed by atoms with Crippen LogP contribution in [0.25, 0.3) is 0 Å². The Kier molecular flexibility index (Phi) is 7.34. The fraction of sp³-hybridized carbons (Fsp3) is 0.917. The number of hydrogen-bond donors (Lipinski definition) is 1. The van der Waals surface area contributed by atoms with Crippen LogP contribution in [0.15, 0.2) is 0 Å². The molecule has 1 atom stereocenters. The summed E-state index contributed by atoms with van der Waals surface area (Å²) in [7, 11) is 0. The lowest BCUT2D eigenvalue weighted by atomic mass is 10.1. The molecule has 96 valence electrons. The van der Waals surface area contributed by atoms with Gasteiger partial charge in [0.25, 0.3) is 0 Å². The Bertz CT molecular complexity index is 204. The average molecular weight is 231 g/mol. The van der Waals surface area contributed by atoms with Gasteiger partial charge in [-0.25, -0.2) is 0 Å². The van der Waals surface area contributed by atoms with Crippen LogP contribution >= 0.6 is 0 Å². The van der Waals surface area contributed by atoms with Gasteiger partial charge in [0.2, 0.25) is 0 Å². The van der Waals surface area contributed by atoms with Crippen LogP contribution in [0.5, 0.6) is 0 Å². The third kappa shape index (κ3) is 6.80. The number of ether oxygens (including phenoxy) is 2. The Morgan fingerprint density at radius 2 is 1.94 bits per heavy atom. The van der Waals surface area contributed by atoms with Crippen molar-refractivity contribution < 1.29 is 14.3 Å². The van der Waals surface area contributed by atoms with Crippen LogP contribution in [0.3, 0.4) is 0 Å². The normalized spacial score (nSPS) is 13.6. The van der Waals surface area contributed by atoms with Gasteiger partial charge in [-0.05, 0) is 27.7 Å². The molecule has 4 nitrogen and oxygen atoms in total. The van der Waals surface area contributed by atoms with Crippen molar-refractivity contribution in [2.75, 3.05) is 26.3 Å². The largest absolute Gasteiger partial charge is 0.466 e. The van der Waals surface area contributed by atoms with Gasteiger partial charge in [0.1, 0.15) is 0 Å². The molecule has 16 heavy (non-hydrogen) atoms. The van der Waals surface area contributed by atoms with Crippen LogP contribution in [0.4, 0.5) is 0 Å². The zero-order valence-corrected chi connectivity index (χ0v) is 11.1. The van der Waals surface area contributed by atoms with E-state index >= 15 is 0 Å². The number of nitrogens with one attached hydrogen (secondary N) is 1. The van der Waals surface area contributed by atoms with E-state index in [0.29, 0.717) is 19.8 Å². The van der Waals surface area contributed by atoms with Crippen molar-refractivity contribution in [1.82, 2.24) is 5.32 Å². The molecule has 0 aliphatic carbocycles. The third-order valence-electron chi connectivity index (χ3n) is 2.23. The topological polar surface area (TPSA) is 47.6 Å². The Balaban J connectivity index is 3.76. The highest BCUT2D eigenvalue weighted by atomic mass is 16.5. The van der Waals surface area contributed by atoms with E-state index in [1.54, 1.807) is 0 Å². The van der Waals surface area contributed by atoms with Crippen LogP contribution in [-0.2, 0) is 14.3 Å². The second-order valence-electron chi connectivity index (χ2n) is 4.48. The summed E-state index contributed by atoms with van der Waals surface area (Å²) in [5.74, 6) is -0.262. The fourth-order valence-corrected chi connectivity index (χ4v) is 1.40. The standard InChI is InChI=1S/C12H25NO3/c1-6-15-11(14)10(3)8-13-9-12(4,5)16-7-2/h10,13H,6-9H2,1-5H3. The van der Waals surface area contributed by atoms with Gasteiger partial charge in [-0.3, -0.25) is 4.79 Å². The lowest BCUT2D eigenvalue weighted by Gasteiger charge is -2.25. The minimum absolute atomic E-state index is 0.114. The van der Waals surface area contributed by atoms with E-state index in [1.165, 1.54) is 0 Å². The average Bonchev–Trinajstić information content (AvgIpc) is 2.17. The van der Waals surface area contributed by atoms with Gasteiger partial charge >= 0.3 is 5.97 Å². The highest BCUT2D eigenvalue weighted by Crippen LogP contribution is 2.07. The van der Waals surface area contributed by atoms with Crippen molar-refractivity contribution in [3.05, 3.63) is 0 Å². The first-order valence-corrected chi connectivity index (χ1v) is 5.94. The molecule has 0 fully saturated rings. The van der Waals surface area contributed by atoms with Gasteiger partial charge in [-0.1, -0.05) is 6.92 Å². The van der Waals surface area contributed by atoms with Gasteiger partial charge in [0.15, 0.2) is 0 Å². The second-order valence-corrected chi connectivity index (χ2v) is 4.48. The number of hydrogen-bond acceptors (Lipinski definition) is 4. The zero-order valence-electron chi connectivity index (χ0n) is 11.1. The summed E-state index contributed by atoms with van der Waals surface area (Å²) in [4.78, 5) is 11.3. The Morgan fingerprint density at radius 1 is 1.31 bits per heavy atom. The van der Waals surface area contributed by atoms with Gasteiger partial charge in [-0.15, -0.1) is 0 Å². The fourth-order valence-electron chi connectivity index (χ4n) is 1.40. The highest BCUT2D eigenvalue weighted by molar-refractivity contribution is 5.72. The second kappa shape index (κ2) is 7.63. The molecule has 1 unspecified atom stereocenters. The van der Waals surface area contributed by atoms with Gasteiger partial charge in [-0.2, -0.15) is 0 Å². The maximum absolute atomic E-state index is 11.3. The summed E-state index contributed by atoms with van der Waals surface area (Å²) in [6, 6.07) is 0. The van der Waals surface area contributed by atoms with E-state index in [4.69, 9.17) is 9.47 Å². The minimum atomic E-state index is -0.191. The van der Waals surface area contributed by atoms with Crippen molar-refractivity contribution in [3.63, 3.8) is 0 Å². The van der Waals surface area contributed by atoms with Crippen molar-refractivity contribution >= 4 is 5.97 Å². The monoisotopic (exact) mass is 231 g/mol. The molecule has 0 aromatic rings. The number of rotatable bonds is 8. The van der Waals surface area contributed by atoms with Gasteiger partial charge in [0, 0.05) is 19.7 Å². The molecular weight excluding hydrogens is 206 g/mol. The first kappa shape index (κ1) is 15.4. The van der Waals surface area contributed by atoms with Crippen LogP contribution in [-0.4, -0.2) is 37.9 Å². The van der Waals surface area contributed by atoms with Crippen LogP contribution < -0.4 is 5.32 Å². The molecule has 0 aromatic carbocycles. The number of carbonyl (C=O) groups is 1. The molecule has 0 aliphatic heterocycles. The van der Waals surface area contributed by atoms with E-state index in [9.17, 15) is 4.79 Å². The predicted molar refractivity (Wildman–Crippen MR) is 64.4 cm³/mol. The molecule has 0 amide bonds. The highest BCUT2D eigenvalue weighted by Gasteiger charge is 2.19. The van der Waals surface area contributed by atoms with E-state index < -0.39 is 0 Å². The Labute approximate surface area is 98.7 Å². The quantitative estimate of drug-likeness (QED) is 0.644. The van der Waals surface area contributed by atoms with Crippen LogP contribution in [0, 0.1) is 5.92 Å². The minimum Gasteiger partial charge on any atom is -0.466 e. The molecule has 0 radical (unpaired) electrons. The summed E-state index contributed by atoms with van der Waals surface area (Å²) >= 11 is 0. The summed E-state index contributed by atoms with van der Waals surface area (Å²) in [5, 5.41) is 3.22. The molecule has 0 aromatic heterocycles. The molecule has 0 rings (SSSR count). The number of carbonyl (C=O) groups excluding carboxylic acids is 1. The summed E-state index contributed by atoms with van der Waals surface area (Å²) in [6.45, 7) is 12.2. The molecule has 0 saturated carbocycles. The van der Waals surface area contributed by atoms with E-state index in [1.807, 2.05) is 34.6 Å². The maximum Gasteiger partial charge on any atom is 0.309 e. The molecular formula is C12H25NO3. The predicted octanol–water partition coefficient (Wildman–Crippen LogP) is 1.59. The molecule has 0 spiro atoms. The van der Waals surface area contributed by atoms with Crippen LogP contribution in [0.1, 0.15) is 34.6 Å². The van der Waals surface area contributed by atoms with Crippen LogP contribution in [0.2, 0.25) is 0 Å². The molecule has 0 aliphatic rings. The van der Waals surface area contributed by atoms with Gasteiger partial charge < -0.3 is 14.8 Å². The van der Waals surface area contributed by atoms with Crippen molar-refractivity contribution in [2.45, 2.75) is 40.2 Å². The molecule has 0 bridgehead atoms. The van der Waals surface area contributed by atoms with E-state index in [-0.39, 0.29) is 17.5 Å². The zero-order chi connectivity index (χ0) is 12.6. The molecule has 1 N–H and O–H groups in total. The Morgan fingerprint density at radius 3 is 2.44 bits per heavy atom. The Hall–Kier alpha value is -0.610. The van der Waals surface area contributed by atoms with Crippen molar-refractivity contribution in [3.8, 4) is 0 Å². The molecule has 0 heterocycles. The lowest BCUT2D eigenvalue weighted by Crippen LogP contribution is -2.40. The summed E-state index contributed by atoms with van der Waals surface area (Å²) in [5.41, 5.74) is -0.191. The first-order valence-electron chi connectivity index (χ1n) is 5.94. The van der Waals surface area contributed by atoms with Crippen molar-refractivity contribution in [1.29, 1.82) is 0 Å². The van der Waals surface area contributed by atoms with Crippen molar-refractivity contribution in [2.24, 2.45) is 5.92 Å². The smallest absolute Gasteiger partial charge is 0.309 e. The third-order valence-corrected chi connectivity index (χ3v) is 2.23. The number of esters is 1. The molecule has 0 saturated heterocycles. The lowest BCUT2D eigenvalue weighted by molar-refractivity contribution is -0.147. The summed E-state index contributed by atoms with van der Waals surface area (Å²) in [6.07, 6.45) is 0. The van der Waals surface area contributed by atoms with E-state index in [2.05, 4.69) is 5.32 Å².